The van der Waals surface area contributed by atoms with Crippen molar-refractivity contribution in [2.24, 2.45) is 0 Å². The summed E-state index contributed by atoms with van der Waals surface area (Å²) in [7, 11) is 0. The van der Waals surface area contributed by atoms with Gasteiger partial charge in [0.05, 0.1) is 19.3 Å². The summed E-state index contributed by atoms with van der Waals surface area (Å²) in [5.41, 5.74) is 2.47. The second-order valence-electron chi connectivity index (χ2n) is 5.70. The molecule has 0 aromatic heterocycles. The van der Waals surface area contributed by atoms with Crippen molar-refractivity contribution in [1.82, 2.24) is 5.32 Å². The van der Waals surface area contributed by atoms with E-state index in [4.69, 9.17) is 4.74 Å². The maximum absolute atomic E-state index is 9.66. The number of ether oxygens (including phenoxy) is 1. The maximum Gasteiger partial charge on any atom is 0.122 e. The first-order valence-corrected chi connectivity index (χ1v) is 7.49. The van der Waals surface area contributed by atoms with E-state index in [0.717, 1.165) is 18.8 Å². The highest BCUT2D eigenvalue weighted by Gasteiger charge is 2.20. The van der Waals surface area contributed by atoms with Crippen LogP contribution >= 0.6 is 0 Å². The monoisotopic (exact) mass is 261 g/mol. The summed E-state index contributed by atoms with van der Waals surface area (Å²) in [4.78, 5) is 0. The van der Waals surface area contributed by atoms with Crippen LogP contribution < -0.4 is 10.1 Å². The van der Waals surface area contributed by atoms with E-state index in [0.29, 0.717) is 6.04 Å². The summed E-state index contributed by atoms with van der Waals surface area (Å²) in [5, 5.41) is 13.3. The topological polar surface area (TPSA) is 41.5 Å². The third-order valence-corrected chi connectivity index (χ3v) is 4.34. The van der Waals surface area contributed by atoms with E-state index >= 15 is 0 Å². The number of benzene rings is 1. The van der Waals surface area contributed by atoms with Gasteiger partial charge in [-0.25, -0.2) is 0 Å². The fraction of sp³-hybridized carbons (Fsp3) is 0.625. The largest absolute Gasteiger partial charge is 0.493 e. The van der Waals surface area contributed by atoms with E-state index in [9.17, 15) is 5.11 Å². The first-order valence-electron chi connectivity index (χ1n) is 7.49. The van der Waals surface area contributed by atoms with Crippen molar-refractivity contribution in [3.8, 4) is 5.75 Å². The average Bonchev–Trinajstić information content (AvgIpc) is 2.93. The molecule has 0 spiro atoms. The molecule has 1 aliphatic heterocycles. The molecule has 3 heteroatoms. The molecule has 2 aliphatic rings. The molecule has 19 heavy (non-hydrogen) atoms. The van der Waals surface area contributed by atoms with Gasteiger partial charge in [-0.15, -0.1) is 0 Å². The smallest absolute Gasteiger partial charge is 0.122 e. The molecule has 104 valence electrons. The molecule has 1 atom stereocenters. The molecule has 2 N–H and O–H groups in total. The molecule has 3 nitrogen and oxygen atoms in total. The van der Waals surface area contributed by atoms with Crippen LogP contribution in [0.25, 0.3) is 0 Å². The molecule has 0 radical (unpaired) electrons. The lowest BCUT2D eigenvalue weighted by molar-refractivity contribution is 0.220. The van der Waals surface area contributed by atoms with Crippen molar-refractivity contribution < 1.29 is 9.84 Å². The Morgan fingerprint density at radius 2 is 2.11 bits per heavy atom. The van der Waals surface area contributed by atoms with Gasteiger partial charge in [0.25, 0.3) is 0 Å². The molecule has 1 aromatic rings. The van der Waals surface area contributed by atoms with Crippen LogP contribution in [-0.4, -0.2) is 24.4 Å². The molecule has 0 amide bonds. The standard InChI is InChI=1S/C16H23NO2/c18-11-15(17-14-4-2-1-3-5-14)12-6-7-16-13(10-12)8-9-19-16/h6-7,10,14-15,17-18H,1-5,8-9,11H2. The summed E-state index contributed by atoms with van der Waals surface area (Å²) in [6.45, 7) is 0.953. The normalized spacial score (nSPS) is 20.9. The summed E-state index contributed by atoms with van der Waals surface area (Å²) >= 11 is 0. The van der Waals surface area contributed by atoms with E-state index < -0.39 is 0 Å². The van der Waals surface area contributed by atoms with Gasteiger partial charge in [0.2, 0.25) is 0 Å². The van der Waals surface area contributed by atoms with Gasteiger partial charge in [-0.3, -0.25) is 0 Å². The van der Waals surface area contributed by atoms with Crippen molar-refractivity contribution in [3.05, 3.63) is 29.3 Å². The van der Waals surface area contributed by atoms with Crippen molar-refractivity contribution in [3.63, 3.8) is 0 Å². The Bertz CT molecular complexity index is 427. The van der Waals surface area contributed by atoms with E-state index in [1.807, 2.05) is 6.07 Å². The summed E-state index contributed by atoms with van der Waals surface area (Å²) in [5.74, 6) is 1.01. The van der Waals surface area contributed by atoms with E-state index in [1.165, 1.54) is 43.2 Å². The van der Waals surface area contributed by atoms with Crippen LogP contribution in [0.2, 0.25) is 0 Å². The number of aliphatic hydroxyl groups excluding tert-OH is 1. The molecule has 1 heterocycles. The Balaban J connectivity index is 1.70. The van der Waals surface area contributed by atoms with Crippen LogP contribution in [0.4, 0.5) is 0 Å². The molecule has 1 unspecified atom stereocenters. The van der Waals surface area contributed by atoms with E-state index in [-0.39, 0.29) is 12.6 Å². The third kappa shape index (κ3) is 2.93. The van der Waals surface area contributed by atoms with Crippen molar-refractivity contribution in [2.45, 2.75) is 50.6 Å². The Morgan fingerprint density at radius 1 is 1.26 bits per heavy atom. The van der Waals surface area contributed by atoms with Gasteiger partial charge >= 0.3 is 0 Å². The average molecular weight is 261 g/mol. The Kier molecular flexibility index (Phi) is 4.04. The molecule has 0 saturated heterocycles. The van der Waals surface area contributed by atoms with Gasteiger partial charge in [-0.2, -0.15) is 0 Å². The molecule has 1 aromatic carbocycles. The quantitative estimate of drug-likeness (QED) is 0.875. The van der Waals surface area contributed by atoms with Gasteiger partial charge in [-0.1, -0.05) is 31.4 Å². The van der Waals surface area contributed by atoms with Crippen LogP contribution in [0.5, 0.6) is 5.75 Å². The minimum atomic E-state index is 0.0639. The van der Waals surface area contributed by atoms with Crippen LogP contribution in [0, 0.1) is 0 Å². The van der Waals surface area contributed by atoms with Crippen molar-refractivity contribution in [2.75, 3.05) is 13.2 Å². The fourth-order valence-electron chi connectivity index (χ4n) is 3.23. The Hall–Kier alpha value is -1.06. The van der Waals surface area contributed by atoms with E-state index in [1.54, 1.807) is 0 Å². The zero-order valence-corrected chi connectivity index (χ0v) is 11.4. The van der Waals surface area contributed by atoms with Gasteiger partial charge in [-0.05, 0) is 30.0 Å². The van der Waals surface area contributed by atoms with Crippen molar-refractivity contribution in [1.29, 1.82) is 0 Å². The van der Waals surface area contributed by atoms with Crippen LogP contribution in [0.15, 0.2) is 18.2 Å². The van der Waals surface area contributed by atoms with Crippen LogP contribution in [-0.2, 0) is 6.42 Å². The summed E-state index contributed by atoms with van der Waals surface area (Å²) in [6, 6.07) is 6.95. The summed E-state index contributed by atoms with van der Waals surface area (Å²) < 4.78 is 5.53. The number of aliphatic hydroxyl groups is 1. The predicted octanol–water partition coefficient (Wildman–Crippen LogP) is 2.58. The number of rotatable bonds is 4. The second kappa shape index (κ2) is 5.93. The molecule has 1 fully saturated rings. The highest BCUT2D eigenvalue weighted by atomic mass is 16.5. The first-order chi connectivity index (χ1) is 9.36. The minimum Gasteiger partial charge on any atom is -0.493 e. The van der Waals surface area contributed by atoms with Gasteiger partial charge in [0, 0.05) is 12.5 Å². The SMILES string of the molecule is OCC(NC1CCCCC1)c1ccc2c(c1)CCO2. The third-order valence-electron chi connectivity index (χ3n) is 4.34. The van der Waals surface area contributed by atoms with Crippen LogP contribution in [0.3, 0.4) is 0 Å². The predicted molar refractivity (Wildman–Crippen MR) is 75.5 cm³/mol. The zero-order valence-electron chi connectivity index (χ0n) is 11.4. The van der Waals surface area contributed by atoms with Crippen LogP contribution in [0.1, 0.15) is 49.3 Å². The van der Waals surface area contributed by atoms with Gasteiger partial charge < -0.3 is 15.2 Å². The lowest BCUT2D eigenvalue weighted by Gasteiger charge is -2.28. The molecule has 3 rings (SSSR count). The first kappa shape index (κ1) is 12.9. The minimum absolute atomic E-state index is 0.0639. The second-order valence-corrected chi connectivity index (χ2v) is 5.70. The maximum atomic E-state index is 9.66. The Morgan fingerprint density at radius 3 is 2.89 bits per heavy atom. The molecule has 0 bridgehead atoms. The molecule has 1 saturated carbocycles. The lowest BCUT2D eigenvalue weighted by Crippen LogP contribution is -2.36. The van der Waals surface area contributed by atoms with Crippen molar-refractivity contribution >= 4 is 0 Å². The lowest BCUT2D eigenvalue weighted by atomic mass is 9.93. The number of nitrogens with one attached hydrogen (secondary N) is 1. The molecule has 1 aliphatic carbocycles. The number of fused-ring (bicyclic) bond motifs is 1. The van der Waals surface area contributed by atoms with Gasteiger partial charge in [0.1, 0.15) is 5.75 Å². The van der Waals surface area contributed by atoms with E-state index in [2.05, 4.69) is 17.4 Å². The number of hydrogen-bond donors (Lipinski definition) is 2. The fourth-order valence-corrected chi connectivity index (χ4v) is 3.23. The highest BCUT2D eigenvalue weighted by molar-refractivity contribution is 5.40. The summed E-state index contributed by atoms with van der Waals surface area (Å²) in [6.07, 6.45) is 7.46. The Labute approximate surface area is 115 Å². The zero-order chi connectivity index (χ0) is 13.1. The molecular weight excluding hydrogens is 238 g/mol. The number of hydrogen-bond acceptors (Lipinski definition) is 3. The molecular formula is C16H23NO2. The highest BCUT2D eigenvalue weighted by Crippen LogP contribution is 2.29. The van der Waals surface area contributed by atoms with Gasteiger partial charge in [0.15, 0.2) is 0 Å².